The summed E-state index contributed by atoms with van der Waals surface area (Å²) < 4.78 is 13.5. The Morgan fingerprint density at radius 2 is 1.45 bits per heavy atom. The van der Waals surface area contributed by atoms with Gasteiger partial charge in [-0.1, -0.05) is 62.4 Å². The highest BCUT2D eigenvalue weighted by atomic mass is 19.1. The molecule has 1 heterocycles. The molecule has 0 bridgehead atoms. The summed E-state index contributed by atoms with van der Waals surface area (Å²) in [5.74, 6) is -4.46. The minimum atomic E-state index is -1.19. The average molecular weight is 800 g/mol. The number of nitrogens with zero attached hydrogens (tertiary/aromatic N) is 1. The SMILES string of the molecule is CC(C)C[C@@H](C[C@H](O)CNC(=O)[C@H](Cc1ccccc1)NC(=O)c1ccc(F)cc1)C(=O)N[C@@H](CCCN=C(N)N)C(=O)N[C@@H](Cc1c[nH]c2ccccc12)C(N)=O. The Morgan fingerprint density at radius 3 is 2.12 bits per heavy atom. The van der Waals surface area contributed by atoms with Crippen molar-refractivity contribution >= 4 is 46.4 Å². The van der Waals surface area contributed by atoms with E-state index in [4.69, 9.17) is 17.2 Å². The van der Waals surface area contributed by atoms with Crippen LogP contribution in [0.2, 0.25) is 0 Å². The number of carbonyl (C=O) groups is 5. The molecule has 0 saturated carbocycles. The van der Waals surface area contributed by atoms with Crippen LogP contribution in [0.1, 0.15) is 61.0 Å². The van der Waals surface area contributed by atoms with Gasteiger partial charge in [-0.15, -0.1) is 0 Å². The molecule has 1 aromatic heterocycles. The van der Waals surface area contributed by atoms with Gasteiger partial charge in [-0.25, -0.2) is 4.39 Å². The van der Waals surface area contributed by atoms with E-state index in [0.717, 1.165) is 34.2 Å². The number of aliphatic hydroxyl groups excluding tert-OH is 1. The number of aliphatic hydroxyl groups is 1. The second-order valence-electron chi connectivity index (χ2n) is 14.7. The Morgan fingerprint density at radius 1 is 0.776 bits per heavy atom. The van der Waals surface area contributed by atoms with E-state index < -0.39 is 65.5 Å². The van der Waals surface area contributed by atoms with E-state index >= 15 is 0 Å². The van der Waals surface area contributed by atoms with Gasteiger partial charge in [0.1, 0.15) is 23.9 Å². The van der Waals surface area contributed by atoms with E-state index in [2.05, 4.69) is 31.2 Å². The fourth-order valence-electron chi connectivity index (χ4n) is 6.61. The highest BCUT2D eigenvalue weighted by Crippen LogP contribution is 2.21. The van der Waals surface area contributed by atoms with Gasteiger partial charge in [-0.2, -0.15) is 0 Å². The van der Waals surface area contributed by atoms with Crippen molar-refractivity contribution in [1.82, 2.24) is 26.3 Å². The summed E-state index contributed by atoms with van der Waals surface area (Å²) in [4.78, 5) is 73.8. The first-order valence-corrected chi connectivity index (χ1v) is 19.3. The maximum atomic E-state index is 13.9. The predicted molar refractivity (Wildman–Crippen MR) is 219 cm³/mol. The number of guanidine groups is 1. The summed E-state index contributed by atoms with van der Waals surface area (Å²) in [6, 6.07) is 18.2. The largest absolute Gasteiger partial charge is 0.391 e. The van der Waals surface area contributed by atoms with Gasteiger partial charge in [0.05, 0.1) is 6.10 Å². The number of benzene rings is 3. The molecule has 0 aliphatic heterocycles. The molecule has 3 aromatic carbocycles. The molecule has 310 valence electrons. The molecule has 0 spiro atoms. The lowest BCUT2D eigenvalue weighted by atomic mass is 9.90. The number of hydrogen-bond acceptors (Lipinski definition) is 7. The Labute approximate surface area is 336 Å². The number of amides is 5. The molecule has 0 unspecified atom stereocenters. The third kappa shape index (κ3) is 14.0. The van der Waals surface area contributed by atoms with Crippen molar-refractivity contribution in [2.45, 2.75) is 76.6 Å². The number of aromatic nitrogens is 1. The van der Waals surface area contributed by atoms with E-state index in [0.29, 0.717) is 12.8 Å². The molecule has 0 saturated heterocycles. The van der Waals surface area contributed by atoms with Gasteiger partial charge < -0.3 is 48.6 Å². The number of fused-ring (bicyclic) bond motifs is 1. The maximum Gasteiger partial charge on any atom is 0.251 e. The highest BCUT2D eigenvalue weighted by Gasteiger charge is 2.31. The van der Waals surface area contributed by atoms with Crippen molar-refractivity contribution in [1.29, 1.82) is 0 Å². The van der Waals surface area contributed by atoms with Crippen LogP contribution in [0.25, 0.3) is 10.9 Å². The van der Waals surface area contributed by atoms with Crippen molar-refractivity contribution < 1.29 is 33.5 Å². The zero-order chi connectivity index (χ0) is 42.2. The van der Waals surface area contributed by atoms with Crippen LogP contribution >= 0.6 is 0 Å². The van der Waals surface area contributed by atoms with E-state index in [-0.39, 0.29) is 56.2 Å². The first kappa shape index (κ1) is 44.4. The fraction of sp³-hybridized carbons (Fsp3) is 0.381. The lowest BCUT2D eigenvalue weighted by molar-refractivity contribution is -0.133. The summed E-state index contributed by atoms with van der Waals surface area (Å²) in [6.07, 6.45) is 1.51. The number of para-hydroxylation sites is 1. The molecule has 15 nitrogen and oxygen atoms in total. The number of H-pyrrole nitrogens is 1. The smallest absolute Gasteiger partial charge is 0.251 e. The maximum absolute atomic E-state index is 13.9. The normalized spacial score (nSPS) is 13.7. The summed E-state index contributed by atoms with van der Waals surface area (Å²) >= 11 is 0. The first-order valence-electron chi connectivity index (χ1n) is 19.3. The molecule has 5 atom stereocenters. The molecule has 0 radical (unpaired) electrons. The third-order valence-electron chi connectivity index (χ3n) is 9.54. The van der Waals surface area contributed by atoms with Crippen LogP contribution in [0.3, 0.4) is 0 Å². The van der Waals surface area contributed by atoms with Crippen molar-refractivity contribution in [2.24, 2.45) is 34.0 Å². The topological polar surface area (TPSA) is 260 Å². The summed E-state index contributed by atoms with van der Waals surface area (Å²) in [6.45, 7) is 3.76. The molecule has 0 fully saturated rings. The first-order chi connectivity index (χ1) is 27.7. The molecule has 16 heteroatoms. The molecule has 5 amide bonds. The fourth-order valence-corrected chi connectivity index (χ4v) is 6.61. The minimum absolute atomic E-state index is 0.0130. The van der Waals surface area contributed by atoms with Gasteiger partial charge in [0.2, 0.25) is 23.6 Å². The summed E-state index contributed by atoms with van der Waals surface area (Å²) in [7, 11) is 0. The van der Waals surface area contributed by atoms with Crippen LogP contribution in [0.15, 0.2) is 90.1 Å². The monoisotopic (exact) mass is 799 g/mol. The van der Waals surface area contributed by atoms with Crippen LogP contribution in [0, 0.1) is 17.7 Å². The average Bonchev–Trinajstić information content (AvgIpc) is 3.60. The standard InChI is InChI=1S/C42H54FN9O6/c1-25(2)19-28(21-31(53)24-49-40(57)36(20-26-9-4-3-5-10-26)52-38(55)27-14-16-30(43)17-15-27)39(56)50-34(13-8-18-47-42(45)46)41(58)51-35(37(44)54)22-29-23-48-33-12-7-6-11-32(29)33/h3-7,9-12,14-17,23,25,28,31,34-36,48,53H,8,13,18-22,24H2,1-2H3,(H2,44,54)(H,49,57)(H,50,56)(H,51,58)(H,52,55)(H4,45,46,47)/t28-,31-,34-,35-,36-/m0/s1. The molecule has 12 N–H and O–H groups in total. The molecule has 0 aliphatic rings. The number of carbonyl (C=O) groups excluding carboxylic acids is 5. The van der Waals surface area contributed by atoms with Gasteiger partial charge in [0.15, 0.2) is 5.96 Å². The van der Waals surface area contributed by atoms with E-state index in [1.807, 2.05) is 44.2 Å². The third-order valence-corrected chi connectivity index (χ3v) is 9.54. The molecular formula is C42H54FN9O6. The van der Waals surface area contributed by atoms with E-state index in [9.17, 15) is 33.5 Å². The lowest BCUT2D eigenvalue weighted by Crippen LogP contribution is -2.54. The molecule has 58 heavy (non-hydrogen) atoms. The second-order valence-corrected chi connectivity index (χ2v) is 14.7. The zero-order valence-corrected chi connectivity index (χ0v) is 32.7. The summed E-state index contributed by atoms with van der Waals surface area (Å²) in [5, 5.41) is 22.9. The van der Waals surface area contributed by atoms with Gasteiger partial charge in [-0.3, -0.25) is 29.0 Å². The number of aliphatic imine (C=N–C) groups is 1. The van der Waals surface area contributed by atoms with Gasteiger partial charge in [0, 0.05) is 54.5 Å². The van der Waals surface area contributed by atoms with Gasteiger partial charge >= 0.3 is 0 Å². The van der Waals surface area contributed by atoms with Gasteiger partial charge in [0.25, 0.3) is 5.91 Å². The second kappa shape index (κ2) is 21.9. The number of rotatable bonds is 22. The van der Waals surface area contributed by atoms with Crippen molar-refractivity contribution in [3.63, 3.8) is 0 Å². The number of primary amides is 1. The van der Waals surface area contributed by atoms with Gasteiger partial charge in [-0.05, 0) is 73.1 Å². The van der Waals surface area contributed by atoms with Crippen molar-refractivity contribution in [3.8, 4) is 0 Å². The molecular weight excluding hydrogens is 746 g/mol. The molecule has 4 aromatic rings. The Kier molecular flexibility index (Phi) is 16.7. The summed E-state index contributed by atoms with van der Waals surface area (Å²) in [5.41, 5.74) is 19.2. The number of hydrogen-bond donors (Lipinski definition) is 9. The predicted octanol–water partition coefficient (Wildman–Crippen LogP) is 1.93. The quantitative estimate of drug-likeness (QED) is 0.0322. The van der Waals surface area contributed by atoms with E-state index in [1.54, 1.807) is 30.5 Å². The number of halogens is 1. The minimum Gasteiger partial charge on any atom is -0.391 e. The Bertz CT molecular complexity index is 2020. The van der Waals surface area contributed by atoms with Crippen LogP contribution < -0.4 is 38.5 Å². The van der Waals surface area contributed by atoms with Crippen LogP contribution in [-0.4, -0.2) is 82.9 Å². The molecule has 0 aliphatic carbocycles. The van der Waals surface area contributed by atoms with Crippen LogP contribution in [-0.2, 0) is 32.0 Å². The Hall–Kier alpha value is -6.29. The van der Waals surface area contributed by atoms with Crippen molar-refractivity contribution in [2.75, 3.05) is 13.1 Å². The number of nitrogens with one attached hydrogen (secondary N) is 5. The molecule has 4 rings (SSSR count). The van der Waals surface area contributed by atoms with E-state index in [1.165, 1.54) is 12.1 Å². The number of aromatic amines is 1. The Balaban J connectivity index is 1.43. The van der Waals surface area contributed by atoms with Crippen LogP contribution in [0.4, 0.5) is 4.39 Å². The number of nitrogens with two attached hydrogens (primary N) is 3. The van der Waals surface area contributed by atoms with Crippen molar-refractivity contribution in [3.05, 3.63) is 108 Å². The zero-order valence-electron chi connectivity index (χ0n) is 32.7. The highest BCUT2D eigenvalue weighted by molar-refractivity contribution is 5.97. The van der Waals surface area contributed by atoms with Crippen LogP contribution in [0.5, 0.6) is 0 Å². The lowest BCUT2D eigenvalue weighted by Gasteiger charge is -2.26.